The minimum Gasteiger partial charge on any atom is -0.416 e. The maximum atomic E-state index is 6.24. The van der Waals surface area contributed by atoms with Crippen molar-refractivity contribution in [3.63, 3.8) is 0 Å². The third kappa shape index (κ3) is 5.46. The zero-order valence-corrected chi connectivity index (χ0v) is 13.5. The molecule has 0 aliphatic rings. The molecule has 1 atom stereocenters. The van der Waals surface area contributed by atoms with Crippen LogP contribution in [0.15, 0.2) is 0 Å². The van der Waals surface area contributed by atoms with Crippen LogP contribution >= 0.6 is 0 Å². The second-order valence-corrected chi connectivity index (χ2v) is 12.2. The molecule has 0 radical (unpaired) electrons. The predicted octanol–water partition coefficient (Wildman–Crippen LogP) is 3.77. The van der Waals surface area contributed by atoms with E-state index >= 15 is 0 Å². The van der Waals surface area contributed by atoms with Gasteiger partial charge in [0.25, 0.3) is 0 Å². The van der Waals surface area contributed by atoms with Gasteiger partial charge in [0.05, 0.1) is 0 Å². The third-order valence-electron chi connectivity index (χ3n) is 3.50. The van der Waals surface area contributed by atoms with Gasteiger partial charge in [0.2, 0.25) is 0 Å². The molecular weight excluding hydrogens is 214 g/mol. The van der Waals surface area contributed by atoms with Gasteiger partial charge >= 0.3 is 0 Å². The molecule has 0 aromatic rings. The molecule has 0 aliphatic heterocycles. The Morgan fingerprint density at radius 2 is 1.56 bits per heavy atom. The first-order valence-electron chi connectivity index (χ1n) is 6.27. The first-order valence-corrected chi connectivity index (χ1v) is 9.18. The van der Waals surface area contributed by atoms with Crippen LogP contribution in [0.25, 0.3) is 0 Å². The summed E-state index contributed by atoms with van der Waals surface area (Å²) in [6.45, 7) is 18.8. The lowest BCUT2D eigenvalue weighted by Crippen LogP contribution is -2.43. The van der Waals surface area contributed by atoms with Crippen molar-refractivity contribution in [1.82, 2.24) is 0 Å². The summed E-state index contributed by atoms with van der Waals surface area (Å²) in [4.78, 5) is 0. The van der Waals surface area contributed by atoms with Crippen LogP contribution < -0.4 is 5.73 Å². The minimum absolute atomic E-state index is 0.184. The second-order valence-electron chi connectivity index (χ2n) is 7.39. The van der Waals surface area contributed by atoms with E-state index in [1.165, 1.54) is 0 Å². The van der Waals surface area contributed by atoms with Crippen LogP contribution in [0.4, 0.5) is 0 Å². The van der Waals surface area contributed by atoms with E-state index in [2.05, 4.69) is 54.6 Å². The summed E-state index contributed by atoms with van der Waals surface area (Å²) in [5.74, 6) is 0. The molecule has 0 saturated heterocycles. The summed E-state index contributed by atoms with van der Waals surface area (Å²) < 4.78 is 6.24. The lowest BCUT2D eigenvalue weighted by Gasteiger charge is -2.39. The molecule has 98 valence electrons. The number of nitrogens with two attached hydrogens (primary N) is 1. The first-order chi connectivity index (χ1) is 6.87. The Kier molecular flexibility index (Phi) is 5.24. The van der Waals surface area contributed by atoms with Crippen molar-refractivity contribution in [2.24, 2.45) is 11.1 Å². The van der Waals surface area contributed by atoms with E-state index in [0.717, 1.165) is 13.0 Å². The summed E-state index contributed by atoms with van der Waals surface area (Å²) >= 11 is 0. The fourth-order valence-corrected chi connectivity index (χ4v) is 2.71. The van der Waals surface area contributed by atoms with Crippen LogP contribution in [0.2, 0.25) is 18.1 Å². The Bertz CT molecular complexity index is 216. The Balaban J connectivity index is 4.34. The van der Waals surface area contributed by atoms with E-state index in [0.29, 0.717) is 0 Å². The van der Waals surface area contributed by atoms with Crippen molar-refractivity contribution >= 4 is 8.32 Å². The smallest absolute Gasteiger partial charge is 0.192 e. The molecule has 0 saturated carbocycles. The van der Waals surface area contributed by atoms with E-state index in [9.17, 15) is 0 Å². The molecular formula is C13H31NOSi. The fourth-order valence-electron chi connectivity index (χ4n) is 1.52. The molecule has 2 nitrogen and oxygen atoms in total. The molecule has 16 heavy (non-hydrogen) atoms. The molecule has 0 bridgehead atoms. The molecule has 1 unspecified atom stereocenters. The molecule has 0 amide bonds. The van der Waals surface area contributed by atoms with Gasteiger partial charge in [-0.3, -0.25) is 0 Å². The summed E-state index contributed by atoms with van der Waals surface area (Å²) in [5.41, 5.74) is 6.04. The Morgan fingerprint density at radius 3 is 1.88 bits per heavy atom. The van der Waals surface area contributed by atoms with Gasteiger partial charge in [-0.25, -0.2) is 0 Å². The summed E-state index contributed by atoms with van der Waals surface area (Å²) in [7, 11) is -1.61. The Labute approximate surface area is 103 Å². The van der Waals surface area contributed by atoms with Crippen molar-refractivity contribution in [3.8, 4) is 0 Å². The largest absolute Gasteiger partial charge is 0.416 e. The van der Waals surface area contributed by atoms with Crippen molar-refractivity contribution in [3.05, 3.63) is 0 Å². The van der Waals surface area contributed by atoms with Crippen molar-refractivity contribution in [2.75, 3.05) is 6.61 Å². The standard InChI is InChI=1S/C13H31NOSi/c1-11(14)9-13(5,6)10-15-16(7,8)12(2,3)4/h11H,9-10,14H2,1-8H3. The van der Waals surface area contributed by atoms with E-state index in [1.807, 2.05) is 0 Å². The molecule has 0 spiro atoms. The van der Waals surface area contributed by atoms with Crippen LogP contribution in [-0.2, 0) is 4.43 Å². The van der Waals surface area contributed by atoms with Crippen molar-refractivity contribution < 1.29 is 4.43 Å². The lowest BCUT2D eigenvalue weighted by atomic mass is 9.87. The van der Waals surface area contributed by atoms with Gasteiger partial charge in [-0.05, 0) is 36.9 Å². The van der Waals surface area contributed by atoms with Crippen LogP contribution in [0, 0.1) is 5.41 Å². The average molecular weight is 245 g/mol. The second kappa shape index (κ2) is 5.19. The van der Waals surface area contributed by atoms with Crippen molar-refractivity contribution in [1.29, 1.82) is 0 Å². The van der Waals surface area contributed by atoms with Gasteiger partial charge in [-0.15, -0.1) is 0 Å². The van der Waals surface area contributed by atoms with E-state index < -0.39 is 8.32 Å². The highest BCUT2D eigenvalue weighted by molar-refractivity contribution is 6.74. The topological polar surface area (TPSA) is 35.2 Å². The molecule has 0 aliphatic carbocycles. The third-order valence-corrected chi connectivity index (χ3v) is 7.98. The zero-order valence-electron chi connectivity index (χ0n) is 12.5. The minimum atomic E-state index is -1.61. The van der Waals surface area contributed by atoms with Crippen LogP contribution in [0.5, 0.6) is 0 Å². The maximum absolute atomic E-state index is 6.24. The SMILES string of the molecule is CC(N)CC(C)(C)CO[Si](C)(C)C(C)(C)C. The quantitative estimate of drug-likeness (QED) is 0.748. The first kappa shape index (κ1) is 16.1. The Morgan fingerprint density at radius 1 is 1.12 bits per heavy atom. The molecule has 0 aromatic heterocycles. The van der Waals surface area contributed by atoms with E-state index in [1.54, 1.807) is 0 Å². The van der Waals surface area contributed by atoms with Gasteiger partial charge < -0.3 is 10.2 Å². The average Bonchev–Trinajstić information content (AvgIpc) is 1.96. The molecule has 0 rings (SSSR count). The normalized spacial score (nSPS) is 16.3. The van der Waals surface area contributed by atoms with Gasteiger partial charge in [0, 0.05) is 12.6 Å². The lowest BCUT2D eigenvalue weighted by molar-refractivity contribution is 0.149. The Hall–Kier alpha value is 0.137. The summed E-state index contributed by atoms with van der Waals surface area (Å²) in [6, 6.07) is 0.248. The van der Waals surface area contributed by atoms with Gasteiger partial charge in [0.1, 0.15) is 0 Å². The predicted molar refractivity (Wildman–Crippen MR) is 75.2 cm³/mol. The van der Waals surface area contributed by atoms with Gasteiger partial charge in [-0.1, -0.05) is 34.6 Å². The molecule has 3 heteroatoms. The highest BCUT2D eigenvalue weighted by atomic mass is 28.4. The summed E-state index contributed by atoms with van der Waals surface area (Å²) in [5, 5.41) is 0.289. The molecule has 2 N–H and O–H groups in total. The number of rotatable bonds is 5. The molecule has 0 heterocycles. The number of hydrogen-bond donors (Lipinski definition) is 1. The zero-order chi connectivity index (χ0) is 13.2. The van der Waals surface area contributed by atoms with E-state index in [4.69, 9.17) is 10.2 Å². The van der Waals surface area contributed by atoms with Crippen molar-refractivity contribution in [2.45, 2.75) is 72.1 Å². The highest BCUT2D eigenvalue weighted by Gasteiger charge is 2.38. The van der Waals surface area contributed by atoms with Crippen LogP contribution in [0.1, 0.15) is 48.0 Å². The fraction of sp³-hybridized carbons (Fsp3) is 1.00. The maximum Gasteiger partial charge on any atom is 0.192 e. The number of hydrogen-bond acceptors (Lipinski definition) is 2. The highest BCUT2D eigenvalue weighted by Crippen LogP contribution is 2.38. The summed E-state index contributed by atoms with van der Waals surface area (Å²) in [6.07, 6.45) is 1.02. The van der Waals surface area contributed by atoms with E-state index in [-0.39, 0.29) is 16.5 Å². The molecule has 0 aromatic carbocycles. The van der Waals surface area contributed by atoms with Gasteiger partial charge in [0.15, 0.2) is 8.32 Å². The molecule has 0 fully saturated rings. The monoisotopic (exact) mass is 245 g/mol. The van der Waals surface area contributed by atoms with Gasteiger partial charge in [-0.2, -0.15) is 0 Å². The van der Waals surface area contributed by atoms with Crippen LogP contribution in [-0.4, -0.2) is 21.0 Å². The van der Waals surface area contributed by atoms with Crippen LogP contribution in [0.3, 0.4) is 0 Å².